The lowest BCUT2D eigenvalue weighted by Crippen LogP contribution is -2.28. The molecular weight excluding hydrogens is 380 g/mol. The molecule has 0 saturated heterocycles. The molecule has 0 radical (unpaired) electrons. The number of nitrogens with zero attached hydrogens (tertiary/aromatic N) is 1. The fourth-order valence-electron chi connectivity index (χ4n) is 3.53. The number of carbonyl (C=O) groups excluding carboxylic acids is 1. The Morgan fingerprint density at radius 3 is 2.40 bits per heavy atom. The summed E-state index contributed by atoms with van der Waals surface area (Å²) in [5.41, 5.74) is 4.25. The maximum atomic E-state index is 12.9. The number of rotatable bonds is 8. The van der Waals surface area contributed by atoms with Crippen molar-refractivity contribution < 1.29 is 18.7 Å². The maximum Gasteiger partial charge on any atom is 0.268 e. The number of amides is 1. The highest BCUT2D eigenvalue weighted by Gasteiger charge is 2.18. The van der Waals surface area contributed by atoms with Gasteiger partial charge in [0.15, 0.2) is 5.58 Å². The van der Waals surface area contributed by atoms with Gasteiger partial charge in [0.2, 0.25) is 0 Å². The van der Waals surface area contributed by atoms with Gasteiger partial charge in [0.1, 0.15) is 17.2 Å². The zero-order valence-electron chi connectivity index (χ0n) is 17.1. The fraction of sp³-hybridized carbons (Fsp3) is 0.208. The van der Waals surface area contributed by atoms with E-state index in [4.69, 9.17) is 13.9 Å². The molecule has 0 spiro atoms. The number of furan rings is 1. The van der Waals surface area contributed by atoms with E-state index < -0.39 is 0 Å². The van der Waals surface area contributed by atoms with E-state index in [0.29, 0.717) is 35.9 Å². The molecule has 0 atom stereocenters. The normalized spacial score (nSPS) is 10.9. The molecule has 6 heteroatoms. The summed E-state index contributed by atoms with van der Waals surface area (Å²) < 4.78 is 18.2. The smallest absolute Gasteiger partial charge is 0.268 e. The van der Waals surface area contributed by atoms with Crippen molar-refractivity contribution in [2.45, 2.75) is 13.0 Å². The molecule has 6 nitrogen and oxygen atoms in total. The lowest BCUT2D eigenvalue weighted by Gasteiger charge is -2.13. The number of ether oxygens (including phenoxy) is 2. The molecular formula is C24H24N2O4. The molecule has 2 aromatic carbocycles. The van der Waals surface area contributed by atoms with Gasteiger partial charge in [0.05, 0.1) is 26.0 Å². The molecule has 0 aliphatic carbocycles. The highest BCUT2D eigenvalue weighted by molar-refractivity contribution is 5.97. The SMILES string of the molecule is COc1cc(Cn2c(C(=O)NCCc3ccccc3)cc3occc32)cc(OC)c1. The summed E-state index contributed by atoms with van der Waals surface area (Å²) in [6.45, 7) is 1.04. The number of carbonyl (C=O) groups is 1. The third-order valence-electron chi connectivity index (χ3n) is 5.05. The second-order valence-electron chi connectivity index (χ2n) is 7.00. The topological polar surface area (TPSA) is 65.6 Å². The average Bonchev–Trinajstić information content (AvgIpc) is 3.37. The molecule has 0 fully saturated rings. The van der Waals surface area contributed by atoms with Crippen molar-refractivity contribution in [1.29, 1.82) is 0 Å². The molecule has 1 N–H and O–H groups in total. The van der Waals surface area contributed by atoms with Crippen LogP contribution in [0.1, 0.15) is 21.6 Å². The minimum atomic E-state index is -0.132. The zero-order chi connectivity index (χ0) is 20.9. The standard InChI is InChI=1S/C24H24N2O4/c1-28-19-12-18(13-20(14-19)29-2)16-26-21-9-11-30-23(21)15-22(26)24(27)25-10-8-17-6-4-3-5-7-17/h3-7,9,11-15H,8,10,16H2,1-2H3,(H,25,27). The van der Waals surface area contributed by atoms with Crippen LogP contribution in [0.15, 0.2) is 71.3 Å². The summed E-state index contributed by atoms with van der Waals surface area (Å²) >= 11 is 0. The highest BCUT2D eigenvalue weighted by atomic mass is 16.5. The van der Waals surface area contributed by atoms with Gasteiger partial charge in [0, 0.05) is 31.3 Å². The molecule has 30 heavy (non-hydrogen) atoms. The summed E-state index contributed by atoms with van der Waals surface area (Å²) in [4.78, 5) is 12.9. The predicted octanol–water partition coefficient (Wildman–Crippen LogP) is 4.27. The first-order valence-electron chi connectivity index (χ1n) is 9.78. The summed E-state index contributed by atoms with van der Waals surface area (Å²) in [5, 5.41) is 3.02. The number of hydrogen-bond acceptors (Lipinski definition) is 4. The second kappa shape index (κ2) is 8.78. The third kappa shape index (κ3) is 4.17. The molecule has 0 bridgehead atoms. The van der Waals surface area contributed by atoms with E-state index in [1.807, 2.05) is 47.0 Å². The van der Waals surface area contributed by atoms with Gasteiger partial charge >= 0.3 is 0 Å². The number of methoxy groups -OCH3 is 2. The van der Waals surface area contributed by atoms with Gasteiger partial charge in [-0.1, -0.05) is 30.3 Å². The molecule has 0 aliphatic rings. The van der Waals surface area contributed by atoms with Crippen LogP contribution in [0.25, 0.3) is 11.1 Å². The van der Waals surface area contributed by atoms with Crippen molar-refractivity contribution in [1.82, 2.24) is 9.88 Å². The fourth-order valence-corrected chi connectivity index (χ4v) is 3.53. The number of fused-ring (bicyclic) bond motifs is 1. The van der Waals surface area contributed by atoms with Crippen molar-refractivity contribution in [3.63, 3.8) is 0 Å². The van der Waals surface area contributed by atoms with Crippen LogP contribution in [0.5, 0.6) is 11.5 Å². The first kappa shape index (κ1) is 19.6. The summed E-state index contributed by atoms with van der Waals surface area (Å²) in [7, 11) is 3.24. The molecule has 4 rings (SSSR count). The van der Waals surface area contributed by atoms with E-state index >= 15 is 0 Å². The Bertz CT molecular complexity index is 1120. The van der Waals surface area contributed by atoms with Crippen molar-refractivity contribution >= 4 is 17.0 Å². The van der Waals surface area contributed by atoms with Crippen molar-refractivity contribution in [3.05, 3.63) is 83.7 Å². The number of aromatic nitrogens is 1. The lowest BCUT2D eigenvalue weighted by atomic mass is 10.1. The van der Waals surface area contributed by atoms with Crippen LogP contribution in [0.4, 0.5) is 0 Å². The van der Waals surface area contributed by atoms with Crippen molar-refractivity contribution in [2.24, 2.45) is 0 Å². The van der Waals surface area contributed by atoms with Gasteiger partial charge in [0.25, 0.3) is 5.91 Å². The van der Waals surface area contributed by atoms with Crippen LogP contribution < -0.4 is 14.8 Å². The minimum absolute atomic E-state index is 0.132. The first-order valence-corrected chi connectivity index (χ1v) is 9.78. The molecule has 154 valence electrons. The van der Waals surface area contributed by atoms with Crippen LogP contribution in [-0.4, -0.2) is 31.2 Å². The molecule has 2 heterocycles. The van der Waals surface area contributed by atoms with Crippen LogP contribution >= 0.6 is 0 Å². The first-order chi connectivity index (χ1) is 14.7. The average molecular weight is 404 g/mol. The van der Waals surface area contributed by atoms with Crippen molar-refractivity contribution in [2.75, 3.05) is 20.8 Å². The van der Waals surface area contributed by atoms with E-state index in [1.54, 1.807) is 26.5 Å². The van der Waals surface area contributed by atoms with Gasteiger partial charge in [-0.05, 0) is 29.7 Å². The quantitative estimate of drug-likeness (QED) is 0.476. The van der Waals surface area contributed by atoms with Gasteiger partial charge in [-0.2, -0.15) is 0 Å². The van der Waals surface area contributed by atoms with Crippen LogP contribution in [0.3, 0.4) is 0 Å². The monoisotopic (exact) mass is 404 g/mol. The predicted molar refractivity (Wildman–Crippen MR) is 115 cm³/mol. The van der Waals surface area contributed by atoms with E-state index in [-0.39, 0.29) is 5.91 Å². The lowest BCUT2D eigenvalue weighted by molar-refractivity contribution is 0.0945. The Morgan fingerprint density at radius 2 is 1.70 bits per heavy atom. The summed E-state index contributed by atoms with van der Waals surface area (Å²) in [6, 6.07) is 19.4. The zero-order valence-corrected chi connectivity index (χ0v) is 17.1. The number of hydrogen-bond donors (Lipinski definition) is 1. The molecule has 0 unspecified atom stereocenters. The largest absolute Gasteiger partial charge is 0.497 e. The molecule has 0 saturated carbocycles. The van der Waals surface area contributed by atoms with E-state index in [9.17, 15) is 4.79 Å². The Labute approximate surface area is 175 Å². The van der Waals surface area contributed by atoms with Gasteiger partial charge in [-0.15, -0.1) is 0 Å². The van der Waals surface area contributed by atoms with E-state index in [0.717, 1.165) is 17.5 Å². The number of nitrogens with one attached hydrogen (secondary N) is 1. The maximum absolute atomic E-state index is 12.9. The molecule has 4 aromatic rings. The second-order valence-corrected chi connectivity index (χ2v) is 7.00. The van der Waals surface area contributed by atoms with E-state index in [2.05, 4.69) is 17.4 Å². The summed E-state index contributed by atoms with van der Waals surface area (Å²) in [5.74, 6) is 1.27. The van der Waals surface area contributed by atoms with Crippen LogP contribution in [-0.2, 0) is 13.0 Å². The Hall–Kier alpha value is -3.67. The van der Waals surface area contributed by atoms with Gasteiger partial charge in [-0.3, -0.25) is 4.79 Å². The summed E-state index contributed by atoms with van der Waals surface area (Å²) in [6.07, 6.45) is 2.40. The molecule has 2 aromatic heterocycles. The van der Waals surface area contributed by atoms with Crippen LogP contribution in [0, 0.1) is 0 Å². The highest BCUT2D eigenvalue weighted by Crippen LogP contribution is 2.26. The van der Waals surface area contributed by atoms with Crippen molar-refractivity contribution in [3.8, 4) is 11.5 Å². The minimum Gasteiger partial charge on any atom is -0.497 e. The van der Waals surface area contributed by atoms with Crippen LogP contribution in [0.2, 0.25) is 0 Å². The molecule has 0 aliphatic heterocycles. The third-order valence-corrected chi connectivity index (χ3v) is 5.05. The van der Waals surface area contributed by atoms with Gasteiger partial charge < -0.3 is 23.8 Å². The van der Waals surface area contributed by atoms with E-state index in [1.165, 1.54) is 5.56 Å². The Morgan fingerprint density at radius 1 is 0.967 bits per heavy atom. The Balaban J connectivity index is 1.57. The molecule has 1 amide bonds. The van der Waals surface area contributed by atoms with Gasteiger partial charge in [-0.25, -0.2) is 0 Å². The Kier molecular flexibility index (Phi) is 5.75. The number of benzene rings is 2.